The SMILES string of the molecule is O=C1CN(N=Cc2ccc(-c3ccc(S(=O)(=O)C(F)(F)F)cc3)o2)C(=O)N1. The topological polar surface area (TPSA) is 109 Å². The van der Waals surface area contributed by atoms with Gasteiger partial charge < -0.3 is 4.42 Å². The first-order valence-electron chi connectivity index (χ1n) is 7.25. The van der Waals surface area contributed by atoms with Gasteiger partial charge in [-0.2, -0.15) is 18.3 Å². The Balaban J connectivity index is 1.77. The first kappa shape index (κ1) is 18.6. The van der Waals surface area contributed by atoms with Gasteiger partial charge in [0.15, 0.2) is 0 Å². The second-order valence-corrected chi connectivity index (χ2v) is 7.27. The van der Waals surface area contributed by atoms with Gasteiger partial charge in [-0.05, 0) is 36.4 Å². The van der Waals surface area contributed by atoms with Crippen LogP contribution in [0.25, 0.3) is 11.3 Å². The van der Waals surface area contributed by atoms with Crippen LogP contribution in [0.4, 0.5) is 18.0 Å². The van der Waals surface area contributed by atoms with Crippen LogP contribution < -0.4 is 5.32 Å². The van der Waals surface area contributed by atoms with E-state index in [2.05, 4.69) is 5.10 Å². The fourth-order valence-electron chi connectivity index (χ4n) is 2.16. The molecular weight excluding hydrogens is 391 g/mol. The summed E-state index contributed by atoms with van der Waals surface area (Å²) in [4.78, 5) is 21.5. The molecule has 1 aliphatic rings. The van der Waals surface area contributed by atoms with Crippen LogP contribution in [0.3, 0.4) is 0 Å². The molecule has 0 aliphatic carbocycles. The molecule has 0 radical (unpaired) electrons. The van der Waals surface area contributed by atoms with Crippen molar-refractivity contribution in [1.29, 1.82) is 0 Å². The molecule has 0 atom stereocenters. The number of carbonyl (C=O) groups is 2. The van der Waals surface area contributed by atoms with Crippen molar-refractivity contribution in [3.63, 3.8) is 0 Å². The molecule has 1 N–H and O–H groups in total. The van der Waals surface area contributed by atoms with E-state index >= 15 is 0 Å². The molecule has 0 unspecified atom stereocenters. The molecule has 2 aromatic rings. The minimum atomic E-state index is -5.42. The van der Waals surface area contributed by atoms with Crippen LogP contribution >= 0.6 is 0 Å². The van der Waals surface area contributed by atoms with Crippen molar-refractivity contribution in [3.05, 3.63) is 42.2 Å². The van der Waals surface area contributed by atoms with E-state index in [-0.39, 0.29) is 18.1 Å². The lowest BCUT2D eigenvalue weighted by molar-refractivity contribution is -0.118. The minimum absolute atomic E-state index is 0.212. The van der Waals surface area contributed by atoms with Gasteiger partial charge >= 0.3 is 11.5 Å². The molecule has 0 spiro atoms. The highest BCUT2D eigenvalue weighted by Gasteiger charge is 2.46. The molecule has 2 heterocycles. The van der Waals surface area contributed by atoms with Crippen molar-refractivity contribution >= 4 is 28.0 Å². The molecule has 3 rings (SSSR count). The number of amides is 3. The smallest absolute Gasteiger partial charge is 0.455 e. The van der Waals surface area contributed by atoms with Gasteiger partial charge in [0.1, 0.15) is 18.1 Å². The summed E-state index contributed by atoms with van der Waals surface area (Å²) in [7, 11) is -5.42. The van der Waals surface area contributed by atoms with Gasteiger partial charge in [-0.25, -0.2) is 18.2 Å². The van der Waals surface area contributed by atoms with Gasteiger partial charge in [0.2, 0.25) is 5.91 Å². The Morgan fingerprint density at radius 1 is 1.11 bits per heavy atom. The molecule has 8 nitrogen and oxygen atoms in total. The van der Waals surface area contributed by atoms with E-state index in [0.717, 1.165) is 17.1 Å². The molecular formula is C15H10F3N3O5S. The number of hydrogen-bond acceptors (Lipinski definition) is 6. The summed E-state index contributed by atoms with van der Waals surface area (Å²) in [5.41, 5.74) is -5.05. The molecule has 1 aromatic heterocycles. The van der Waals surface area contributed by atoms with Crippen molar-refractivity contribution in [2.75, 3.05) is 6.54 Å². The van der Waals surface area contributed by atoms with Gasteiger partial charge in [0.25, 0.3) is 9.84 Å². The average Bonchev–Trinajstić information content (AvgIpc) is 3.18. The third-order valence-electron chi connectivity index (χ3n) is 3.48. The van der Waals surface area contributed by atoms with Crippen LogP contribution in [0.5, 0.6) is 0 Å². The lowest BCUT2D eigenvalue weighted by Gasteiger charge is -2.08. The second-order valence-electron chi connectivity index (χ2n) is 5.33. The van der Waals surface area contributed by atoms with E-state index in [1.54, 1.807) is 0 Å². The largest absolute Gasteiger partial charge is 0.501 e. The van der Waals surface area contributed by atoms with Crippen molar-refractivity contribution in [1.82, 2.24) is 10.3 Å². The molecule has 0 bridgehead atoms. The zero-order valence-corrected chi connectivity index (χ0v) is 14.0. The van der Waals surface area contributed by atoms with Crippen LogP contribution in [0.2, 0.25) is 0 Å². The number of imide groups is 1. The van der Waals surface area contributed by atoms with Crippen LogP contribution in [0, 0.1) is 0 Å². The zero-order valence-electron chi connectivity index (χ0n) is 13.2. The van der Waals surface area contributed by atoms with E-state index in [0.29, 0.717) is 5.56 Å². The number of urea groups is 1. The van der Waals surface area contributed by atoms with Gasteiger partial charge in [0.05, 0.1) is 11.1 Å². The fourth-order valence-corrected chi connectivity index (χ4v) is 2.92. The molecule has 1 aromatic carbocycles. The van der Waals surface area contributed by atoms with Gasteiger partial charge in [-0.15, -0.1) is 0 Å². The molecule has 0 saturated carbocycles. The van der Waals surface area contributed by atoms with E-state index in [1.165, 1.54) is 30.5 Å². The van der Waals surface area contributed by atoms with E-state index in [9.17, 15) is 31.2 Å². The van der Waals surface area contributed by atoms with Gasteiger partial charge in [-0.3, -0.25) is 10.1 Å². The summed E-state index contributed by atoms with van der Waals surface area (Å²) in [5, 5.41) is 6.71. The average molecular weight is 401 g/mol. The van der Waals surface area contributed by atoms with E-state index in [4.69, 9.17) is 4.42 Å². The Bertz CT molecular complexity index is 1030. The van der Waals surface area contributed by atoms with Crippen molar-refractivity contribution in [2.24, 2.45) is 5.10 Å². The van der Waals surface area contributed by atoms with Crippen LogP contribution in [-0.2, 0) is 14.6 Å². The monoisotopic (exact) mass is 401 g/mol. The fraction of sp³-hybridized carbons (Fsp3) is 0.133. The summed E-state index contributed by atoms with van der Waals surface area (Å²) in [6.07, 6.45) is 1.18. The lowest BCUT2D eigenvalue weighted by atomic mass is 10.2. The third kappa shape index (κ3) is 3.69. The predicted octanol–water partition coefficient (Wildman–Crippen LogP) is 2.13. The molecule has 3 amide bonds. The number of alkyl halides is 3. The first-order chi connectivity index (χ1) is 12.6. The molecule has 1 saturated heterocycles. The number of carbonyl (C=O) groups excluding carboxylic acids is 2. The number of hydrazone groups is 1. The number of furan rings is 1. The summed E-state index contributed by atoms with van der Waals surface area (Å²) >= 11 is 0. The van der Waals surface area contributed by atoms with Gasteiger partial charge in [0, 0.05) is 5.56 Å². The summed E-state index contributed by atoms with van der Waals surface area (Å²) < 4.78 is 65.7. The number of benzene rings is 1. The Hall–Kier alpha value is -3.15. The van der Waals surface area contributed by atoms with Crippen molar-refractivity contribution < 1.29 is 35.6 Å². The Morgan fingerprint density at radius 2 is 1.78 bits per heavy atom. The Kier molecular flexibility index (Phi) is 4.51. The zero-order chi connectivity index (χ0) is 19.8. The van der Waals surface area contributed by atoms with Crippen LogP contribution in [0.15, 0.2) is 50.8 Å². The minimum Gasteiger partial charge on any atom is -0.455 e. The lowest BCUT2D eigenvalue weighted by Crippen LogP contribution is -2.24. The second kappa shape index (κ2) is 6.54. The maximum absolute atomic E-state index is 12.5. The summed E-state index contributed by atoms with van der Waals surface area (Å²) in [6.45, 7) is -0.224. The quantitative estimate of drug-likeness (QED) is 0.624. The normalized spacial score (nSPS) is 15.6. The Morgan fingerprint density at radius 3 is 2.33 bits per heavy atom. The highest BCUT2D eigenvalue weighted by molar-refractivity contribution is 7.92. The van der Waals surface area contributed by atoms with E-state index in [1.807, 2.05) is 5.32 Å². The van der Waals surface area contributed by atoms with Crippen LogP contribution in [-0.4, -0.2) is 43.6 Å². The summed E-state index contributed by atoms with van der Waals surface area (Å²) in [6, 6.07) is 6.29. The number of nitrogens with zero attached hydrogens (tertiary/aromatic N) is 2. The third-order valence-corrected chi connectivity index (χ3v) is 4.98. The number of nitrogens with one attached hydrogen (secondary N) is 1. The first-order valence-corrected chi connectivity index (χ1v) is 8.73. The standard InChI is InChI=1S/C15H10F3N3O5S/c16-15(17,18)27(24,25)11-4-1-9(2-5-11)12-6-3-10(26-12)7-19-21-8-13(22)20-14(21)23/h1-7H,8H2,(H,20,22,23). The van der Waals surface area contributed by atoms with Crippen LogP contribution in [0.1, 0.15) is 5.76 Å². The highest BCUT2D eigenvalue weighted by Crippen LogP contribution is 2.31. The molecule has 1 aliphatic heterocycles. The maximum Gasteiger partial charge on any atom is 0.501 e. The number of halogens is 3. The number of rotatable bonds is 4. The molecule has 142 valence electrons. The van der Waals surface area contributed by atoms with E-state index < -0.39 is 32.2 Å². The molecule has 27 heavy (non-hydrogen) atoms. The number of sulfone groups is 1. The highest BCUT2D eigenvalue weighted by atomic mass is 32.2. The molecule has 1 fully saturated rings. The Labute approximate surface area is 150 Å². The van der Waals surface area contributed by atoms with Crippen molar-refractivity contribution in [3.8, 4) is 11.3 Å². The maximum atomic E-state index is 12.5. The molecule has 12 heteroatoms. The van der Waals surface area contributed by atoms with Crippen molar-refractivity contribution in [2.45, 2.75) is 10.4 Å². The van der Waals surface area contributed by atoms with Gasteiger partial charge in [-0.1, -0.05) is 0 Å². The summed E-state index contributed by atoms with van der Waals surface area (Å²) in [5.74, 6) is -0.0373. The predicted molar refractivity (Wildman–Crippen MR) is 85.2 cm³/mol. The number of hydrogen-bond donors (Lipinski definition) is 1.